The Balaban J connectivity index is 0.00000338. The lowest BCUT2D eigenvalue weighted by Gasteiger charge is -2.19. The average Bonchev–Trinajstić information content (AvgIpc) is 2.56. The molecule has 0 spiro atoms. The Hall–Kier alpha value is -2.82. The maximum absolute atomic E-state index is 12.2. The second kappa shape index (κ2) is 9.04. The molecule has 0 aliphatic carbocycles. The molecular formula is C15H17BClN3O6. The largest absolute Gasteiger partial charge is 0.507 e. The number of benzene rings is 1. The molecule has 0 fully saturated rings. The number of carbonyl (C=O) groups is 2. The van der Waals surface area contributed by atoms with E-state index in [2.05, 4.69) is 10.3 Å². The third-order valence-electron chi connectivity index (χ3n) is 3.51. The summed E-state index contributed by atoms with van der Waals surface area (Å²) in [6.07, 6.45) is 1.03. The molecule has 0 aliphatic heterocycles. The Kier molecular flexibility index (Phi) is 7.38. The van der Waals surface area contributed by atoms with Crippen LogP contribution in [0.2, 0.25) is 0 Å². The molecule has 0 bridgehead atoms. The van der Waals surface area contributed by atoms with Gasteiger partial charge in [-0.3, -0.25) is 4.79 Å². The first-order valence-corrected chi connectivity index (χ1v) is 7.22. The van der Waals surface area contributed by atoms with E-state index in [-0.39, 0.29) is 41.3 Å². The highest BCUT2D eigenvalue weighted by molar-refractivity contribution is 6.43. The lowest BCUT2D eigenvalue weighted by atomic mass is 9.75. The van der Waals surface area contributed by atoms with Gasteiger partial charge >= 0.3 is 13.1 Å². The summed E-state index contributed by atoms with van der Waals surface area (Å²) in [5, 5.41) is 40.4. The van der Waals surface area contributed by atoms with E-state index in [1.807, 2.05) is 0 Å². The lowest BCUT2D eigenvalue weighted by Crippen LogP contribution is -2.48. The third-order valence-corrected chi connectivity index (χ3v) is 3.51. The first-order chi connectivity index (χ1) is 11.8. The van der Waals surface area contributed by atoms with Crippen molar-refractivity contribution in [2.45, 2.75) is 12.4 Å². The number of carboxylic acid groups (broad SMARTS) is 1. The molecule has 26 heavy (non-hydrogen) atoms. The minimum Gasteiger partial charge on any atom is -0.507 e. The molecule has 1 aromatic heterocycles. The van der Waals surface area contributed by atoms with Gasteiger partial charge < -0.3 is 31.3 Å². The molecule has 0 saturated heterocycles. The van der Waals surface area contributed by atoms with Crippen LogP contribution >= 0.6 is 12.4 Å². The van der Waals surface area contributed by atoms with Crippen LogP contribution in [0.25, 0.3) is 0 Å². The van der Waals surface area contributed by atoms with Gasteiger partial charge in [0.05, 0.1) is 11.5 Å². The van der Waals surface area contributed by atoms with Gasteiger partial charge in [-0.15, -0.1) is 12.4 Å². The van der Waals surface area contributed by atoms with Crippen molar-refractivity contribution < 1.29 is 29.9 Å². The Bertz CT molecular complexity index is 787. The van der Waals surface area contributed by atoms with E-state index in [0.717, 1.165) is 0 Å². The Morgan fingerprint density at radius 3 is 2.46 bits per heavy atom. The smallest absolute Gasteiger partial charge is 0.475 e. The molecule has 138 valence electrons. The molecule has 0 saturated carbocycles. The number of amides is 1. The van der Waals surface area contributed by atoms with Crippen molar-refractivity contribution in [2.75, 3.05) is 5.73 Å². The third kappa shape index (κ3) is 5.09. The number of anilines is 1. The number of carboxylic acids is 1. The highest BCUT2D eigenvalue weighted by atomic mass is 35.5. The molecule has 2 rings (SSSR count). The molecule has 2 aromatic rings. The topological polar surface area (TPSA) is 166 Å². The predicted molar refractivity (Wildman–Crippen MR) is 96.1 cm³/mol. The fourth-order valence-electron chi connectivity index (χ4n) is 2.19. The SMILES string of the molecule is Cl.Nc1ccc(C(=O)N[C@@H](Cc2cccc(C(=O)O)c2O)B(O)O)cn1. The van der Waals surface area contributed by atoms with E-state index in [1.165, 1.54) is 36.5 Å². The fraction of sp³-hybridized carbons (Fsp3) is 0.133. The van der Waals surface area contributed by atoms with Crippen LogP contribution in [-0.4, -0.2) is 50.2 Å². The molecule has 9 nitrogen and oxygen atoms in total. The second-order valence-corrected chi connectivity index (χ2v) is 5.29. The summed E-state index contributed by atoms with van der Waals surface area (Å²) in [5.41, 5.74) is 5.42. The van der Waals surface area contributed by atoms with Gasteiger partial charge in [-0.1, -0.05) is 12.1 Å². The highest BCUT2D eigenvalue weighted by Gasteiger charge is 2.28. The summed E-state index contributed by atoms with van der Waals surface area (Å²) in [4.78, 5) is 27.0. The van der Waals surface area contributed by atoms with Crippen molar-refractivity contribution >= 4 is 37.2 Å². The summed E-state index contributed by atoms with van der Waals surface area (Å²) < 4.78 is 0. The summed E-state index contributed by atoms with van der Waals surface area (Å²) in [6.45, 7) is 0. The zero-order valence-corrected chi connectivity index (χ0v) is 14.2. The number of halogens is 1. The van der Waals surface area contributed by atoms with E-state index < -0.39 is 30.7 Å². The number of aromatic carboxylic acids is 1. The Morgan fingerprint density at radius 1 is 1.23 bits per heavy atom. The number of hydrogen-bond acceptors (Lipinski definition) is 7. The van der Waals surface area contributed by atoms with Crippen LogP contribution < -0.4 is 11.1 Å². The van der Waals surface area contributed by atoms with Gasteiger partial charge in [-0.2, -0.15) is 0 Å². The number of carbonyl (C=O) groups excluding carboxylic acids is 1. The van der Waals surface area contributed by atoms with Crippen LogP contribution in [-0.2, 0) is 6.42 Å². The normalized spacial score (nSPS) is 11.2. The van der Waals surface area contributed by atoms with Gasteiger partial charge in [0.25, 0.3) is 5.91 Å². The molecule has 0 unspecified atom stereocenters. The van der Waals surface area contributed by atoms with E-state index in [9.17, 15) is 24.7 Å². The van der Waals surface area contributed by atoms with Gasteiger partial charge in [0.2, 0.25) is 0 Å². The van der Waals surface area contributed by atoms with Crippen molar-refractivity contribution in [1.29, 1.82) is 0 Å². The maximum Gasteiger partial charge on any atom is 0.475 e. The summed E-state index contributed by atoms with van der Waals surface area (Å²) in [7, 11) is -1.93. The maximum atomic E-state index is 12.2. The van der Waals surface area contributed by atoms with Gasteiger partial charge in [0.1, 0.15) is 17.1 Å². The molecule has 1 atom stereocenters. The highest BCUT2D eigenvalue weighted by Crippen LogP contribution is 2.24. The standard InChI is InChI=1S/C15H16BN3O6.ClH/c17-12-5-4-9(7-18-12)14(21)19-11(16(24)25)6-8-2-1-3-10(13(8)20)15(22)23;/h1-5,7,11,20,24-25H,6H2,(H2,17,18)(H,19,21)(H,22,23);1H/t11-;/m0./s1. The average molecular weight is 382 g/mol. The van der Waals surface area contributed by atoms with E-state index in [4.69, 9.17) is 10.8 Å². The second-order valence-electron chi connectivity index (χ2n) is 5.29. The first kappa shape index (κ1) is 21.2. The number of hydrogen-bond donors (Lipinski definition) is 6. The molecule has 1 amide bonds. The number of aromatic nitrogens is 1. The number of phenols is 1. The van der Waals surface area contributed by atoms with Crippen molar-refractivity contribution in [1.82, 2.24) is 10.3 Å². The number of para-hydroxylation sites is 1. The number of pyridine rings is 1. The number of nitrogen functional groups attached to an aromatic ring is 1. The zero-order chi connectivity index (χ0) is 18.6. The lowest BCUT2D eigenvalue weighted by molar-refractivity contribution is 0.0693. The van der Waals surface area contributed by atoms with E-state index >= 15 is 0 Å². The molecular weight excluding hydrogens is 364 g/mol. The predicted octanol–water partition coefficient (Wildman–Crippen LogP) is -0.158. The molecule has 0 radical (unpaired) electrons. The van der Waals surface area contributed by atoms with Gasteiger partial charge in [0, 0.05) is 6.20 Å². The number of nitrogens with two attached hydrogens (primary N) is 1. The van der Waals surface area contributed by atoms with Gasteiger partial charge in [-0.25, -0.2) is 9.78 Å². The van der Waals surface area contributed by atoms with Crippen LogP contribution in [0.4, 0.5) is 5.82 Å². The molecule has 7 N–H and O–H groups in total. The summed E-state index contributed by atoms with van der Waals surface area (Å²) >= 11 is 0. The van der Waals surface area contributed by atoms with Crippen LogP contribution in [0.1, 0.15) is 26.3 Å². The number of nitrogens with zero attached hydrogens (tertiary/aromatic N) is 1. The van der Waals surface area contributed by atoms with Crippen molar-refractivity contribution in [2.24, 2.45) is 0 Å². The van der Waals surface area contributed by atoms with E-state index in [1.54, 1.807) is 0 Å². The van der Waals surface area contributed by atoms with Crippen molar-refractivity contribution in [3.63, 3.8) is 0 Å². The number of aromatic hydroxyl groups is 1. The Labute approximate surface area is 155 Å². The monoisotopic (exact) mass is 381 g/mol. The summed E-state index contributed by atoms with van der Waals surface area (Å²) in [5.74, 6) is -3.40. The summed E-state index contributed by atoms with van der Waals surface area (Å²) in [6, 6.07) is 6.88. The molecule has 1 aromatic carbocycles. The van der Waals surface area contributed by atoms with Crippen LogP contribution in [0, 0.1) is 0 Å². The van der Waals surface area contributed by atoms with Crippen molar-refractivity contribution in [3.8, 4) is 5.75 Å². The molecule has 0 aliphatic rings. The van der Waals surface area contributed by atoms with Gasteiger partial charge in [0.15, 0.2) is 0 Å². The van der Waals surface area contributed by atoms with Crippen LogP contribution in [0.5, 0.6) is 5.75 Å². The minimum absolute atomic E-state index is 0. The molecule has 1 heterocycles. The van der Waals surface area contributed by atoms with Crippen LogP contribution in [0.15, 0.2) is 36.5 Å². The Morgan fingerprint density at radius 2 is 1.92 bits per heavy atom. The number of nitrogens with one attached hydrogen (secondary N) is 1. The van der Waals surface area contributed by atoms with Gasteiger partial charge in [-0.05, 0) is 30.2 Å². The van der Waals surface area contributed by atoms with Crippen LogP contribution in [0.3, 0.4) is 0 Å². The van der Waals surface area contributed by atoms with Crippen molar-refractivity contribution in [3.05, 3.63) is 53.2 Å². The van der Waals surface area contributed by atoms with E-state index in [0.29, 0.717) is 0 Å². The molecule has 11 heteroatoms. The first-order valence-electron chi connectivity index (χ1n) is 7.22. The minimum atomic E-state index is -1.93. The quantitative estimate of drug-likeness (QED) is 0.375. The zero-order valence-electron chi connectivity index (χ0n) is 13.4. The fourth-order valence-corrected chi connectivity index (χ4v) is 2.19. The number of rotatable bonds is 6.